The summed E-state index contributed by atoms with van der Waals surface area (Å²) in [7, 11) is 0. The van der Waals surface area contributed by atoms with Crippen LogP contribution in [0, 0.1) is 0 Å². The molecule has 1 saturated heterocycles. The molecule has 1 atom stereocenters. The third kappa shape index (κ3) is 1.26. The minimum absolute atomic E-state index is 0.0741. The fourth-order valence-electron chi connectivity index (χ4n) is 0.724. The lowest BCUT2D eigenvalue weighted by molar-refractivity contribution is 0.153. The number of carbonyl (C=O) groups is 1. The molecule has 0 aromatic carbocycles. The molecule has 1 aliphatic heterocycles. The smallest absolute Gasteiger partial charge is 0.385 e. The molecule has 0 spiro atoms. The minimum atomic E-state index is -0.202. The number of ether oxygens (including phenoxy) is 1. The van der Waals surface area contributed by atoms with Gasteiger partial charge in [-0.05, 0) is 6.08 Å². The fraction of sp³-hybridized carbons (Fsp3) is 0.400. The first-order chi connectivity index (χ1) is 4.24. The highest BCUT2D eigenvalue weighted by Gasteiger charge is 2.23. The van der Waals surface area contributed by atoms with Gasteiger partial charge < -0.3 is 8.62 Å². The monoisotopic (exact) mass is 141 g/mol. The van der Waals surface area contributed by atoms with E-state index in [4.69, 9.17) is 4.74 Å². The van der Waals surface area contributed by atoms with Crippen molar-refractivity contribution >= 4 is 22.6 Å². The van der Waals surface area contributed by atoms with Gasteiger partial charge in [0.25, 0.3) is 0 Å². The predicted octanol–water partition coefficient (Wildman–Crippen LogP) is -0.459. The van der Waals surface area contributed by atoms with Crippen LogP contribution in [0.2, 0.25) is 0 Å². The summed E-state index contributed by atoms with van der Waals surface area (Å²) in [6.45, 7) is 4.21. The molecular weight excluding hydrogens is 133 g/mol. The van der Waals surface area contributed by atoms with E-state index in [1.165, 1.54) is 0 Å². The van der Waals surface area contributed by atoms with E-state index in [1.807, 2.05) is 0 Å². The molecule has 1 unspecified atom stereocenters. The molecule has 0 saturated carbocycles. The first kappa shape index (κ1) is 6.66. The lowest BCUT2D eigenvalue weighted by atomic mass is 10.4. The minimum Gasteiger partial charge on any atom is -0.442 e. The van der Waals surface area contributed by atoms with Crippen LogP contribution in [-0.2, 0) is 4.74 Å². The van der Waals surface area contributed by atoms with E-state index >= 15 is 0 Å². The van der Waals surface area contributed by atoms with Crippen molar-refractivity contribution in [1.29, 1.82) is 0 Å². The van der Waals surface area contributed by atoms with Gasteiger partial charge in [0.1, 0.15) is 6.10 Å². The molecule has 48 valence electrons. The standard InChI is InChI=1S/C5H7NO2.Al.2H/c1-2-4-3-6-5(7)8-4;;;/h2,4H,1,3H2,(H,6,7);;;/q;+1;;/p-1. The van der Waals surface area contributed by atoms with Crippen LogP contribution in [0.25, 0.3) is 0 Å². The summed E-state index contributed by atoms with van der Waals surface area (Å²) in [6, 6.07) is 0. The van der Waals surface area contributed by atoms with Gasteiger partial charge in [-0.1, -0.05) is 6.58 Å². The van der Waals surface area contributed by atoms with Crippen molar-refractivity contribution < 1.29 is 9.53 Å². The first-order valence-electron chi connectivity index (χ1n) is 2.78. The van der Waals surface area contributed by atoms with Crippen LogP contribution in [0.15, 0.2) is 12.7 Å². The molecule has 1 aliphatic rings. The average Bonchev–Trinajstić information content (AvgIpc) is 2.13. The fourth-order valence-corrected chi connectivity index (χ4v) is 1.19. The zero-order valence-electron chi connectivity index (χ0n) is 5.33. The number of carbonyl (C=O) groups excluding carboxylic acids is 1. The second kappa shape index (κ2) is 2.42. The maximum Gasteiger partial charge on any atom is 0.385 e. The van der Waals surface area contributed by atoms with Gasteiger partial charge >= 0.3 is 22.6 Å². The Morgan fingerprint density at radius 3 is 2.89 bits per heavy atom. The van der Waals surface area contributed by atoms with Crippen LogP contribution >= 0.6 is 0 Å². The second-order valence-electron chi connectivity index (χ2n) is 2.04. The molecule has 1 fully saturated rings. The molecule has 0 radical (unpaired) electrons. The molecule has 0 aliphatic carbocycles. The molecular formula is C5H8AlNO2. The number of amides is 1. The average molecular weight is 141 g/mol. The molecule has 0 bridgehead atoms. The zero-order valence-corrected chi connectivity index (χ0v) is 7.33. The van der Waals surface area contributed by atoms with Crippen molar-refractivity contribution in [2.75, 3.05) is 6.54 Å². The number of hydrogen-bond donors (Lipinski definition) is 0. The van der Waals surface area contributed by atoms with Crippen molar-refractivity contribution in [2.45, 2.75) is 6.10 Å². The van der Waals surface area contributed by atoms with Crippen molar-refractivity contribution in [3.05, 3.63) is 12.7 Å². The molecule has 3 nitrogen and oxygen atoms in total. The molecule has 4 heteroatoms. The molecule has 1 amide bonds. The summed E-state index contributed by atoms with van der Waals surface area (Å²) in [6.07, 6.45) is 1.37. The van der Waals surface area contributed by atoms with Crippen LogP contribution < -0.4 is 0 Å². The lowest BCUT2D eigenvalue weighted by Crippen LogP contribution is -2.20. The molecule has 0 N–H and O–H groups in total. The lowest BCUT2D eigenvalue weighted by Gasteiger charge is -2.01. The SMILES string of the molecule is C=CC1C[N]([AlH2])C(=O)O1. The van der Waals surface area contributed by atoms with Gasteiger partial charge in [0.15, 0.2) is 0 Å². The molecule has 1 heterocycles. The van der Waals surface area contributed by atoms with E-state index in [-0.39, 0.29) is 12.2 Å². The van der Waals surface area contributed by atoms with Crippen molar-refractivity contribution in [3.8, 4) is 0 Å². The Kier molecular flexibility index (Phi) is 1.79. The first-order valence-corrected chi connectivity index (χ1v) is 3.68. The summed E-state index contributed by atoms with van der Waals surface area (Å²) in [5.41, 5.74) is 0. The third-order valence-electron chi connectivity index (χ3n) is 1.28. The number of cyclic esters (lactones) is 1. The van der Waals surface area contributed by atoms with E-state index in [2.05, 4.69) is 6.58 Å². The predicted molar refractivity (Wildman–Crippen MR) is 35.7 cm³/mol. The van der Waals surface area contributed by atoms with Crippen molar-refractivity contribution in [3.63, 3.8) is 0 Å². The second-order valence-corrected chi connectivity index (χ2v) is 3.12. The topological polar surface area (TPSA) is 29.5 Å². The van der Waals surface area contributed by atoms with Gasteiger partial charge in [0.05, 0.1) is 0 Å². The maximum absolute atomic E-state index is 10.6. The van der Waals surface area contributed by atoms with Gasteiger partial charge in [-0.2, -0.15) is 0 Å². The van der Waals surface area contributed by atoms with Crippen LogP contribution in [0.3, 0.4) is 0 Å². The highest BCUT2D eigenvalue weighted by molar-refractivity contribution is 6.13. The summed E-state index contributed by atoms with van der Waals surface area (Å²) < 4.78 is 6.49. The quantitative estimate of drug-likeness (QED) is 0.365. The van der Waals surface area contributed by atoms with Crippen LogP contribution in [0.5, 0.6) is 0 Å². The van der Waals surface area contributed by atoms with Crippen molar-refractivity contribution in [1.82, 2.24) is 3.88 Å². The van der Waals surface area contributed by atoms with E-state index in [9.17, 15) is 4.79 Å². The van der Waals surface area contributed by atoms with E-state index in [0.29, 0.717) is 6.54 Å². The van der Waals surface area contributed by atoms with Crippen molar-refractivity contribution in [2.24, 2.45) is 0 Å². The maximum atomic E-state index is 10.6. The number of hydrogen-bond acceptors (Lipinski definition) is 2. The van der Waals surface area contributed by atoms with E-state index < -0.39 is 0 Å². The number of rotatable bonds is 1. The van der Waals surface area contributed by atoms with E-state index in [1.54, 1.807) is 9.96 Å². The van der Waals surface area contributed by atoms with Crippen LogP contribution in [-0.4, -0.2) is 39.1 Å². The Morgan fingerprint density at radius 2 is 2.67 bits per heavy atom. The Bertz CT molecular complexity index is 148. The normalized spacial score (nSPS) is 26.0. The Morgan fingerprint density at radius 1 is 2.00 bits per heavy atom. The highest BCUT2D eigenvalue weighted by atomic mass is 27.1. The zero-order chi connectivity index (χ0) is 6.85. The Labute approximate surface area is 61.9 Å². The summed E-state index contributed by atoms with van der Waals surface area (Å²) in [5.74, 6) is 0. The molecule has 0 aromatic heterocycles. The van der Waals surface area contributed by atoms with Crippen LogP contribution in [0.4, 0.5) is 4.79 Å². The van der Waals surface area contributed by atoms with Crippen LogP contribution in [0.1, 0.15) is 0 Å². The number of nitrogens with zero attached hydrogens (tertiary/aromatic N) is 1. The molecule has 1 rings (SSSR count). The highest BCUT2D eigenvalue weighted by Crippen LogP contribution is 2.07. The van der Waals surface area contributed by atoms with Gasteiger partial charge in [0, 0.05) is 6.54 Å². The summed E-state index contributed by atoms with van der Waals surface area (Å²) >= 11 is 0.741. The Hall–Kier alpha value is -0.458. The van der Waals surface area contributed by atoms with Gasteiger partial charge in [-0.3, -0.25) is 0 Å². The van der Waals surface area contributed by atoms with Gasteiger partial charge in [0.2, 0.25) is 0 Å². The van der Waals surface area contributed by atoms with Gasteiger partial charge in [-0.25, -0.2) is 4.79 Å². The largest absolute Gasteiger partial charge is 0.442 e. The van der Waals surface area contributed by atoms with Gasteiger partial charge in [-0.15, -0.1) is 0 Å². The third-order valence-corrected chi connectivity index (χ3v) is 2.01. The molecule has 0 aromatic rings. The molecule has 9 heavy (non-hydrogen) atoms. The summed E-state index contributed by atoms with van der Waals surface area (Å²) in [5, 5.41) is 0. The Balaban J connectivity index is 2.53. The summed E-state index contributed by atoms with van der Waals surface area (Å²) in [4.78, 5) is 10.6. The van der Waals surface area contributed by atoms with E-state index in [0.717, 1.165) is 16.5 Å².